The monoisotopic (exact) mass is 557 g/mol. The van der Waals surface area contributed by atoms with Gasteiger partial charge in [0.1, 0.15) is 12.3 Å². The maximum absolute atomic E-state index is 11.4. The summed E-state index contributed by atoms with van der Waals surface area (Å²) in [5.74, 6) is 1.96. The first-order valence-electron chi connectivity index (χ1n) is 13.3. The van der Waals surface area contributed by atoms with E-state index in [4.69, 9.17) is 15.2 Å². The minimum Gasteiger partial charge on any atom is -0.462 e. The number of nitrogens with two attached hydrogens (primary N) is 1. The lowest BCUT2D eigenvalue weighted by Crippen LogP contribution is -2.46. The second-order valence-corrected chi connectivity index (χ2v) is 10.8. The smallest absolute Gasteiger partial charge is 0.323 e. The van der Waals surface area contributed by atoms with E-state index in [0.717, 1.165) is 37.8 Å². The summed E-state index contributed by atoms with van der Waals surface area (Å²) >= 11 is 5.96. The number of hydrogen-bond acceptors (Lipinski definition) is 9. The number of likely N-dealkylation sites (N-methyl/N-ethyl adjacent to an activating group) is 1. The molecule has 9 heteroatoms. The second-order valence-electron chi connectivity index (χ2n) is 9.50. The Labute approximate surface area is 235 Å². The van der Waals surface area contributed by atoms with Crippen LogP contribution >= 0.6 is 24.4 Å². The average Bonchev–Trinajstić information content (AvgIpc) is 2.89. The number of thiol groups is 1. The Kier molecular flexibility index (Phi) is 22.2. The number of ether oxygens (including phenoxy) is 2. The summed E-state index contributed by atoms with van der Waals surface area (Å²) in [6.07, 6.45) is 5.91. The van der Waals surface area contributed by atoms with Crippen LogP contribution in [0.4, 0.5) is 0 Å². The van der Waals surface area contributed by atoms with E-state index in [0.29, 0.717) is 24.7 Å². The molecule has 0 amide bonds. The van der Waals surface area contributed by atoms with Crippen molar-refractivity contribution in [3.8, 4) is 0 Å². The third-order valence-corrected chi connectivity index (χ3v) is 7.09. The van der Waals surface area contributed by atoms with Crippen LogP contribution in [-0.4, -0.2) is 80.5 Å². The largest absolute Gasteiger partial charge is 0.462 e. The van der Waals surface area contributed by atoms with Gasteiger partial charge in [0.25, 0.3) is 0 Å². The lowest BCUT2D eigenvalue weighted by molar-refractivity contribution is -0.149. The highest BCUT2D eigenvalue weighted by Crippen LogP contribution is 2.13. The SMILES string of the molecule is CCC(C)C(COC(CC=O)Cc1ccccc1)NCC(N)CS.CNC(CCSC)C(=O)OC(C)C. The van der Waals surface area contributed by atoms with Crippen molar-refractivity contribution >= 4 is 36.6 Å². The Morgan fingerprint density at radius 3 is 2.41 bits per heavy atom. The van der Waals surface area contributed by atoms with Crippen LogP contribution in [0.1, 0.15) is 52.5 Å². The van der Waals surface area contributed by atoms with Crippen molar-refractivity contribution in [2.24, 2.45) is 11.7 Å². The predicted octanol–water partition coefficient (Wildman–Crippen LogP) is 3.74. The molecule has 1 aromatic carbocycles. The molecule has 0 aliphatic carbocycles. The topological polar surface area (TPSA) is 103 Å². The molecule has 0 aliphatic rings. The van der Waals surface area contributed by atoms with E-state index in [9.17, 15) is 9.59 Å². The Hall–Kier alpha value is -1.10. The van der Waals surface area contributed by atoms with Crippen molar-refractivity contribution in [1.82, 2.24) is 10.6 Å². The maximum Gasteiger partial charge on any atom is 0.323 e. The fourth-order valence-electron chi connectivity index (χ4n) is 3.44. The predicted molar refractivity (Wildman–Crippen MR) is 161 cm³/mol. The molecular weight excluding hydrogens is 506 g/mol. The van der Waals surface area contributed by atoms with Crippen LogP contribution in [-0.2, 0) is 25.5 Å². The number of nitrogens with one attached hydrogen (secondary N) is 2. The third-order valence-electron chi connectivity index (χ3n) is 5.98. The van der Waals surface area contributed by atoms with Crippen LogP contribution in [0.2, 0.25) is 0 Å². The number of rotatable bonds is 19. The fourth-order valence-corrected chi connectivity index (χ4v) is 4.04. The van der Waals surface area contributed by atoms with E-state index in [2.05, 4.69) is 49.2 Å². The molecule has 1 rings (SSSR count). The van der Waals surface area contributed by atoms with Crippen LogP contribution in [0.3, 0.4) is 0 Å². The van der Waals surface area contributed by atoms with Gasteiger partial charge in [0.2, 0.25) is 0 Å². The van der Waals surface area contributed by atoms with Gasteiger partial charge in [-0.25, -0.2) is 0 Å². The molecule has 0 heterocycles. The molecule has 1 aromatic rings. The molecule has 0 saturated carbocycles. The molecule has 0 spiro atoms. The van der Waals surface area contributed by atoms with E-state index < -0.39 is 0 Å². The van der Waals surface area contributed by atoms with Crippen LogP contribution in [0, 0.1) is 5.92 Å². The Morgan fingerprint density at radius 1 is 1.22 bits per heavy atom. The number of thioether (sulfide) groups is 1. The first kappa shape index (κ1) is 35.9. The summed E-state index contributed by atoms with van der Waals surface area (Å²) in [7, 11) is 1.78. The molecule has 5 unspecified atom stereocenters. The zero-order valence-electron chi connectivity index (χ0n) is 23.7. The summed E-state index contributed by atoms with van der Waals surface area (Å²) in [6.45, 7) is 9.40. The molecule has 0 aliphatic heterocycles. The highest BCUT2D eigenvalue weighted by Gasteiger charge is 2.20. The minimum absolute atomic E-state index is 0.0300. The molecule has 0 aromatic heterocycles. The van der Waals surface area contributed by atoms with Crippen LogP contribution in [0.15, 0.2) is 30.3 Å². The summed E-state index contributed by atoms with van der Waals surface area (Å²) in [5.41, 5.74) is 7.13. The van der Waals surface area contributed by atoms with Crippen molar-refractivity contribution in [2.75, 3.05) is 38.0 Å². The molecule has 5 atom stereocenters. The Balaban J connectivity index is 0.000000845. The molecule has 0 fully saturated rings. The van der Waals surface area contributed by atoms with Crippen LogP contribution in [0.5, 0.6) is 0 Å². The van der Waals surface area contributed by atoms with Gasteiger partial charge in [-0.1, -0.05) is 50.6 Å². The van der Waals surface area contributed by atoms with Crippen molar-refractivity contribution in [3.05, 3.63) is 35.9 Å². The second kappa shape index (κ2) is 22.8. The number of carbonyl (C=O) groups is 2. The van der Waals surface area contributed by atoms with E-state index in [-0.39, 0.29) is 36.3 Å². The van der Waals surface area contributed by atoms with Gasteiger partial charge in [-0.3, -0.25) is 4.79 Å². The minimum atomic E-state index is -0.158. The maximum atomic E-state index is 11.4. The number of hydrogen-bond donors (Lipinski definition) is 4. The van der Waals surface area contributed by atoms with Crippen molar-refractivity contribution in [1.29, 1.82) is 0 Å². The average molecular weight is 558 g/mol. The first-order chi connectivity index (χ1) is 17.7. The van der Waals surface area contributed by atoms with Crippen molar-refractivity contribution in [3.63, 3.8) is 0 Å². The van der Waals surface area contributed by atoms with Gasteiger partial charge in [-0.15, -0.1) is 0 Å². The normalized spacial score (nSPS) is 15.2. The summed E-state index contributed by atoms with van der Waals surface area (Å²) < 4.78 is 11.2. The number of benzene rings is 1. The van der Waals surface area contributed by atoms with Gasteiger partial charge in [0.15, 0.2) is 0 Å². The van der Waals surface area contributed by atoms with Gasteiger partial charge >= 0.3 is 5.97 Å². The van der Waals surface area contributed by atoms with Crippen molar-refractivity contribution in [2.45, 2.75) is 83.7 Å². The van der Waals surface area contributed by atoms with Crippen LogP contribution in [0.25, 0.3) is 0 Å². The molecule has 7 nitrogen and oxygen atoms in total. The van der Waals surface area contributed by atoms with Gasteiger partial charge in [0.05, 0.1) is 18.8 Å². The van der Waals surface area contributed by atoms with Gasteiger partial charge in [-0.05, 0) is 57.2 Å². The summed E-state index contributed by atoms with van der Waals surface area (Å²) in [6, 6.07) is 10.3. The molecule has 4 N–H and O–H groups in total. The van der Waals surface area contributed by atoms with Gasteiger partial charge in [-0.2, -0.15) is 24.4 Å². The standard InChI is InChI=1S/C19H32N2O2S.C9H19NO2S/c1-3-15(2)19(21-12-17(20)14-24)13-23-18(9-10-22)11-16-7-5-4-6-8-16;1-7(2)12-9(11)8(10-3)5-6-13-4/h4-8,10,15,17-19,21,24H,3,9,11-14,20H2,1-2H3;7-8,10H,5-6H2,1-4H3. The highest BCUT2D eigenvalue weighted by atomic mass is 32.2. The summed E-state index contributed by atoms with van der Waals surface area (Å²) in [4.78, 5) is 22.4. The zero-order chi connectivity index (χ0) is 28.1. The van der Waals surface area contributed by atoms with E-state index in [1.54, 1.807) is 18.8 Å². The lowest BCUT2D eigenvalue weighted by atomic mass is 9.99. The van der Waals surface area contributed by atoms with Crippen LogP contribution < -0.4 is 16.4 Å². The molecule has 0 radical (unpaired) electrons. The van der Waals surface area contributed by atoms with E-state index >= 15 is 0 Å². The van der Waals surface area contributed by atoms with E-state index in [1.807, 2.05) is 38.3 Å². The quantitative estimate of drug-likeness (QED) is 0.116. The number of carbonyl (C=O) groups excluding carboxylic acids is 2. The Bertz CT molecular complexity index is 697. The molecule has 214 valence electrons. The zero-order valence-corrected chi connectivity index (χ0v) is 25.4. The van der Waals surface area contributed by atoms with Gasteiger partial charge in [0, 0.05) is 30.8 Å². The number of esters is 1. The Morgan fingerprint density at radius 2 is 1.89 bits per heavy atom. The first-order valence-corrected chi connectivity index (χ1v) is 15.3. The third kappa shape index (κ3) is 17.9. The molecular formula is C28H51N3O4S2. The number of aldehydes is 1. The molecule has 0 bridgehead atoms. The molecule has 0 saturated heterocycles. The van der Waals surface area contributed by atoms with Gasteiger partial charge < -0.3 is 30.6 Å². The lowest BCUT2D eigenvalue weighted by Gasteiger charge is -2.27. The van der Waals surface area contributed by atoms with Crippen molar-refractivity contribution < 1.29 is 19.1 Å². The summed E-state index contributed by atoms with van der Waals surface area (Å²) in [5, 5.41) is 6.45. The fraction of sp³-hybridized carbons (Fsp3) is 0.714. The van der Waals surface area contributed by atoms with E-state index in [1.165, 1.54) is 5.56 Å². The highest BCUT2D eigenvalue weighted by molar-refractivity contribution is 7.98. The molecule has 37 heavy (non-hydrogen) atoms.